The Hall–Kier alpha value is -2.89. The molecule has 0 atom stereocenters. The molecule has 112 valence electrons. The van der Waals surface area contributed by atoms with E-state index in [9.17, 15) is 4.79 Å². The minimum atomic E-state index is -0.313. The highest BCUT2D eigenvalue weighted by Gasteiger charge is 2.12. The van der Waals surface area contributed by atoms with Crippen molar-refractivity contribution >= 4 is 11.6 Å². The van der Waals surface area contributed by atoms with E-state index in [-0.39, 0.29) is 11.6 Å². The molecular weight excluding hydrogens is 280 g/mol. The summed E-state index contributed by atoms with van der Waals surface area (Å²) in [6.07, 6.45) is 3.40. The van der Waals surface area contributed by atoms with Gasteiger partial charge in [-0.3, -0.25) is 9.48 Å². The summed E-state index contributed by atoms with van der Waals surface area (Å²) in [7, 11) is 0. The van der Waals surface area contributed by atoms with E-state index in [1.54, 1.807) is 30.1 Å². The zero-order chi connectivity index (χ0) is 15.5. The van der Waals surface area contributed by atoms with Crippen LogP contribution in [0.15, 0.2) is 47.2 Å². The lowest BCUT2D eigenvalue weighted by Gasteiger charge is -2.05. The third-order valence-corrected chi connectivity index (χ3v) is 3.35. The fraction of sp³-hybridized carbons (Fsp3) is 0.188. The third-order valence-electron chi connectivity index (χ3n) is 3.35. The highest BCUT2D eigenvalue weighted by molar-refractivity contribution is 6.02. The monoisotopic (exact) mass is 296 g/mol. The number of benzene rings is 1. The molecule has 22 heavy (non-hydrogen) atoms. The second-order valence-corrected chi connectivity index (χ2v) is 5.13. The van der Waals surface area contributed by atoms with Crippen molar-refractivity contribution < 1.29 is 9.32 Å². The van der Waals surface area contributed by atoms with E-state index >= 15 is 0 Å². The predicted octanol–water partition coefficient (Wildman–Crippen LogP) is 2.79. The lowest BCUT2D eigenvalue weighted by atomic mass is 10.1. The number of aryl methyl sites for hydroxylation is 2. The number of hydrogen-bond donors (Lipinski definition) is 1. The fourth-order valence-electron chi connectivity index (χ4n) is 2.15. The highest BCUT2D eigenvalue weighted by Crippen LogP contribution is 2.12. The lowest BCUT2D eigenvalue weighted by molar-refractivity contribution is 0.101. The Bertz CT molecular complexity index is 804. The van der Waals surface area contributed by atoms with Crippen molar-refractivity contribution in [1.82, 2.24) is 14.9 Å². The number of hydrogen-bond acceptors (Lipinski definition) is 4. The lowest BCUT2D eigenvalue weighted by Crippen LogP contribution is -2.11. The molecule has 0 radical (unpaired) electrons. The van der Waals surface area contributed by atoms with E-state index in [0.29, 0.717) is 18.0 Å². The molecule has 0 fully saturated rings. The van der Waals surface area contributed by atoms with Gasteiger partial charge in [0, 0.05) is 12.3 Å². The van der Waals surface area contributed by atoms with Crippen LogP contribution < -0.4 is 5.32 Å². The summed E-state index contributed by atoms with van der Waals surface area (Å²) in [4.78, 5) is 12.0. The first kappa shape index (κ1) is 14.1. The number of carbonyl (C=O) groups is 1. The van der Waals surface area contributed by atoms with Crippen LogP contribution in [-0.2, 0) is 6.54 Å². The molecule has 0 saturated carbocycles. The number of carbonyl (C=O) groups excluding carboxylic acids is 1. The van der Waals surface area contributed by atoms with E-state index in [1.807, 2.05) is 12.1 Å². The Morgan fingerprint density at radius 2 is 2.14 bits per heavy atom. The molecule has 0 saturated heterocycles. The van der Waals surface area contributed by atoms with Crippen molar-refractivity contribution in [2.45, 2.75) is 20.4 Å². The zero-order valence-corrected chi connectivity index (χ0v) is 12.4. The Balaban J connectivity index is 1.69. The summed E-state index contributed by atoms with van der Waals surface area (Å²) in [6.45, 7) is 4.46. The van der Waals surface area contributed by atoms with E-state index in [2.05, 4.69) is 34.6 Å². The standard InChI is InChI=1S/C16H16N4O2/c1-11-5-3-4-6-13(11)9-20-10-14(8-17-20)18-16(21)15-7-12(2)22-19-15/h3-8,10H,9H2,1-2H3,(H,18,21). The van der Waals surface area contributed by atoms with Crippen LogP contribution in [0.4, 0.5) is 5.69 Å². The number of nitrogens with one attached hydrogen (secondary N) is 1. The summed E-state index contributed by atoms with van der Waals surface area (Å²) in [5.74, 6) is 0.285. The zero-order valence-electron chi connectivity index (χ0n) is 12.4. The van der Waals surface area contributed by atoms with Crippen molar-refractivity contribution in [3.63, 3.8) is 0 Å². The van der Waals surface area contributed by atoms with Crippen LogP contribution in [0.2, 0.25) is 0 Å². The predicted molar refractivity (Wildman–Crippen MR) is 81.7 cm³/mol. The van der Waals surface area contributed by atoms with Crippen LogP contribution in [0.1, 0.15) is 27.4 Å². The maximum absolute atomic E-state index is 12.0. The SMILES string of the molecule is Cc1cc(C(=O)Nc2cnn(Cc3ccccc3C)c2)no1. The van der Waals surface area contributed by atoms with Crippen molar-refractivity contribution in [2.24, 2.45) is 0 Å². The molecule has 6 heteroatoms. The topological polar surface area (TPSA) is 73.0 Å². The quantitative estimate of drug-likeness (QED) is 0.803. The van der Waals surface area contributed by atoms with E-state index in [1.165, 1.54) is 11.1 Å². The van der Waals surface area contributed by atoms with Crippen LogP contribution in [0.25, 0.3) is 0 Å². The Labute approximate surface area is 127 Å². The molecule has 3 aromatic rings. The van der Waals surface area contributed by atoms with Crippen LogP contribution in [0.3, 0.4) is 0 Å². The minimum absolute atomic E-state index is 0.254. The molecule has 0 aliphatic rings. The first-order chi connectivity index (χ1) is 10.6. The first-order valence-corrected chi connectivity index (χ1v) is 6.93. The second-order valence-electron chi connectivity index (χ2n) is 5.13. The number of amides is 1. The number of aromatic nitrogens is 3. The molecule has 0 spiro atoms. The maximum Gasteiger partial charge on any atom is 0.277 e. The van der Waals surface area contributed by atoms with Crippen LogP contribution >= 0.6 is 0 Å². The summed E-state index contributed by atoms with van der Waals surface area (Å²) >= 11 is 0. The number of anilines is 1. The van der Waals surface area contributed by atoms with Gasteiger partial charge in [-0.05, 0) is 25.0 Å². The van der Waals surface area contributed by atoms with Gasteiger partial charge in [0.25, 0.3) is 5.91 Å². The van der Waals surface area contributed by atoms with E-state index in [4.69, 9.17) is 4.52 Å². The number of nitrogens with zero attached hydrogens (tertiary/aromatic N) is 3. The third kappa shape index (κ3) is 3.06. The fourth-order valence-corrected chi connectivity index (χ4v) is 2.15. The van der Waals surface area contributed by atoms with Crippen molar-refractivity contribution in [3.05, 3.63) is 65.3 Å². The summed E-state index contributed by atoms with van der Waals surface area (Å²) < 4.78 is 6.67. The molecule has 1 N–H and O–H groups in total. The first-order valence-electron chi connectivity index (χ1n) is 6.93. The molecule has 0 bridgehead atoms. The molecule has 0 aliphatic carbocycles. The summed E-state index contributed by atoms with van der Waals surface area (Å²) in [6, 6.07) is 9.73. The van der Waals surface area contributed by atoms with Gasteiger partial charge in [-0.2, -0.15) is 5.10 Å². The van der Waals surface area contributed by atoms with Crippen molar-refractivity contribution in [1.29, 1.82) is 0 Å². The molecule has 3 rings (SSSR count). The van der Waals surface area contributed by atoms with Crippen molar-refractivity contribution in [3.8, 4) is 0 Å². The average molecular weight is 296 g/mol. The van der Waals surface area contributed by atoms with Crippen LogP contribution in [-0.4, -0.2) is 20.8 Å². The van der Waals surface area contributed by atoms with Crippen LogP contribution in [0.5, 0.6) is 0 Å². The van der Waals surface area contributed by atoms with Crippen molar-refractivity contribution in [2.75, 3.05) is 5.32 Å². The molecule has 6 nitrogen and oxygen atoms in total. The Kier molecular flexibility index (Phi) is 3.74. The van der Waals surface area contributed by atoms with Gasteiger partial charge in [0.05, 0.1) is 18.4 Å². The summed E-state index contributed by atoms with van der Waals surface area (Å²) in [5, 5.41) is 10.7. The molecule has 1 aromatic carbocycles. The molecule has 2 heterocycles. The van der Waals surface area contributed by atoms with Gasteiger partial charge in [0.2, 0.25) is 0 Å². The largest absolute Gasteiger partial charge is 0.361 e. The van der Waals surface area contributed by atoms with Gasteiger partial charge in [0.15, 0.2) is 5.69 Å². The minimum Gasteiger partial charge on any atom is -0.361 e. The van der Waals surface area contributed by atoms with E-state index in [0.717, 1.165) is 0 Å². The Morgan fingerprint density at radius 1 is 1.32 bits per heavy atom. The van der Waals surface area contributed by atoms with Gasteiger partial charge in [-0.25, -0.2) is 0 Å². The van der Waals surface area contributed by atoms with Gasteiger partial charge in [-0.15, -0.1) is 0 Å². The Morgan fingerprint density at radius 3 is 2.86 bits per heavy atom. The summed E-state index contributed by atoms with van der Waals surface area (Å²) in [5.41, 5.74) is 3.28. The second kappa shape index (κ2) is 5.85. The molecular formula is C16H16N4O2. The average Bonchev–Trinajstić information content (AvgIpc) is 3.11. The van der Waals surface area contributed by atoms with Gasteiger partial charge < -0.3 is 9.84 Å². The van der Waals surface area contributed by atoms with Gasteiger partial charge >= 0.3 is 0 Å². The maximum atomic E-state index is 12.0. The molecule has 0 aliphatic heterocycles. The molecule has 1 amide bonds. The van der Waals surface area contributed by atoms with Gasteiger partial charge in [-0.1, -0.05) is 29.4 Å². The molecule has 0 unspecified atom stereocenters. The van der Waals surface area contributed by atoms with Crippen LogP contribution in [0, 0.1) is 13.8 Å². The molecule has 2 aromatic heterocycles. The number of rotatable bonds is 4. The normalized spacial score (nSPS) is 10.6. The highest BCUT2D eigenvalue weighted by atomic mass is 16.5. The smallest absolute Gasteiger partial charge is 0.277 e. The van der Waals surface area contributed by atoms with Gasteiger partial charge in [0.1, 0.15) is 5.76 Å². The van der Waals surface area contributed by atoms with E-state index < -0.39 is 0 Å².